The Morgan fingerprint density at radius 2 is 1.72 bits per heavy atom. The summed E-state index contributed by atoms with van der Waals surface area (Å²) in [4.78, 5) is 45.2. The zero-order valence-electron chi connectivity index (χ0n) is 30.6. The van der Waals surface area contributed by atoms with Crippen LogP contribution in [0.2, 0.25) is 0 Å². The predicted molar refractivity (Wildman–Crippen MR) is 186 cm³/mol. The lowest BCUT2D eigenvalue weighted by atomic mass is 9.70. The van der Waals surface area contributed by atoms with Gasteiger partial charge in [0.05, 0.1) is 18.6 Å². The Balaban J connectivity index is 1.38. The number of carbonyl (C=O) groups excluding carboxylic acids is 3. The van der Waals surface area contributed by atoms with Gasteiger partial charge in [-0.3, -0.25) is 19.4 Å². The first-order valence-electron chi connectivity index (χ1n) is 18.2. The quantitative estimate of drug-likeness (QED) is 0.179. The Hall–Kier alpha value is -2.96. The molecule has 1 aliphatic heterocycles. The average molecular weight is 697 g/mol. The second-order valence-corrected chi connectivity index (χ2v) is 14.4. The fraction of sp³-hybridized carbons (Fsp3) is 0.692. The van der Waals surface area contributed by atoms with Gasteiger partial charge in [0.15, 0.2) is 12.1 Å². The largest absolute Gasteiger partial charge is 0.462 e. The molecule has 1 aromatic rings. The molecule has 1 aromatic heterocycles. The number of rotatable bonds is 12. The number of methoxy groups -OCH3 is 4. The molecule has 0 bridgehead atoms. The van der Waals surface area contributed by atoms with Crippen LogP contribution < -0.4 is 5.32 Å². The smallest absolute Gasteiger partial charge is 0.306 e. The molecular weight excluding hydrogens is 640 g/mol. The second kappa shape index (κ2) is 17.5. The molecule has 276 valence electrons. The van der Waals surface area contributed by atoms with Gasteiger partial charge in [-0.05, 0) is 86.8 Å². The lowest BCUT2D eigenvalue weighted by Crippen LogP contribution is -2.49. The van der Waals surface area contributed by atoms with E-state index >= 15 is 0 Å². The SMILES string of the molecule is CC[C@H]1CCC[C@H](NC(=O)c2ccncc2)[C@@H](C)C(=O)C2=C[C@@H]3[C@@H](C=C[C@@H]4C[C@@H](OC(OC)C(OC)C(OC)C(C)OC)C[C@@H]34)[C@@H]2CC(=O)O1. The third-order valence-corrected chi connectivity index (χ3v) is 11.6. The topological polar surface area (TPSA) is 132 Å². The molecule has 2 fully saturated rings. The maximum atomic E-state index is 14.5. The van der Waals surface area contributed by atoms with Crippen LogP contribution in [-0.2, 0) is 38.0 Å². The van der Waals surface area contributed by atoms with Gasteiger partial charge < -0.3 is 33.7 Å². The molecular formula is C39H56N2O9. The fourth-order valence-corrected chi connectivity index (χ4v) is 8.76. The van der Waals surface area contributed by atoms with E-state index in [9.17, 15) is 14.4 Å². The molecule has 0 aromatic carbocycles. The molecule has 4 aliphatic rings. The number of ketones is 1. The summed E-state index contributed by atoms with van der Waals surface area (Å²) >= 11 is 0. The predicted octanol–water partition coefficient (Wildman–Crippen LogP) is 5.09. The molecule has 11 nitrogen and oxygen atoms in total. The maximum Gasteiger partial charge on any atom is 0.306 e. The molecule has 5 rings (SSSR count). The zero-order valence-corrected chi connectivity index (χ0v) is 30.6. The number of hydrogen-bond acceptors (Lipinski definition) is 10. The minimum atomic E-state index is -0.674. The summed E-state index contributed by atoms with van der Waals surface area (Å²) in [6.07, 6.45) is 12.1. The van der Waals surface area contributed by atoms with Crippen LogP contribution in [0.1, 0.15) is 76.1 Å². The maximum absolute atomic E-state index is 14.5. The molecule has 0 spiro atoms. The number of allylic oxidation sites excluding steroid dienone is 4. The van der Waals surface area contributed by atoms with Gasteiger partial charge in [-0.25, -0.2) is 0 Å². The summed E-state index contributed by atoms with van der Waals surface area (Å²) in [5.74, 6) is -0.722. The highest BCUT2D eigenvalue weighted by Crippen LogP contribution is 2.54. The summed E-state index contributed by atoms with van der Waals surface area (Å²) in [5, 5.41) is 3.16. The molecule has 1 saturated carbocycles. The first-order valence-corrected chi connectivity index (χ1v) is 18.2. The monoisotopic (exact) mass is 696 g/mol. The lowest BCUT2D eigenvalue weighted by molar-refractivity contribution is -0.243. The minimum Gasteiger partial charge on any atom is -0.462 e. The van der Waals surface area contributed by atoms with Crippen molar-refractivity contribution in [1.82, 2.24) is 10.3 Å². The summed E-state index contributed by atoms with van der Waals surface area (Å²) in [6, 6.07) is 2.97. The normalized spacial score (nSPS) is 33.7. The Morgan fingerprint density at radius 1 is 0.980 bits per heavy atom. The van der Waals surface area contributed by atoms with Crippen molar-refractivity contribution in [3.05, 3.63) is 53.9 Å². The summed E-state index contributed by atoms with van der Waals surface area (Å²) in [6.45, 7) is 5.85. The van der Waals surface area contributed by atoms with Crippen LogP contribution in [0.15, 0.2) is 48.3 Å². The van der Waals surface area contributed by atoms with Crippen LogP contribution in [0.5, 0.6) is 0 Å². The number of fused-ring (bicyclic) bond motifs is 5. The molecule has 1 N–H and O–H groups in total. The third kappa shape index (κ3) is 8.39. The summed E-state index contributed by atoms with van der Waals surface area (Å²) in [7, 11) is 6.47. The van der Waals surface area contributed by atoms with Gasteiger partial charge in [-0.1, -0.05) is 32.1 Å². The van der Waals surface area contributed by atoms with Crippen molar-refractivity contribution in [2.24, 2.45) is 35.5 Å². The van der Waals surface area contributed by atoms with Gasteiger partial charge in [0.1, 0.15) is 18.3 Å². The molecule has 13 atom stereocenters. The van der Waals surface area contributed by atoms with Crippen LogP contribution in [0.4, 0.5) is 0 Å². The fourth-order valence-electron chi connectivity index (χ4n) is 8.76. The van der Waals surface area contributed by atoms with Gasteiger partial charge in [-0.2, -0.15) is 0 Å². The van der Waals surface area contributed by atoms with E-state index in [1.807, 2.05) is 20.8 Å². The van der Waals surface area contributed by atoms with Crippen molar-refractivity contribution in [3.63, 3.8) is 0 Å². The number of aromatic nitrogens is 1. The Morgan fingerprint density at radius 3 is 2.38 bits per heavy atom. The number of Topliss-reactive ketones (excluding diaryl/α,β-unsaturated/α-hetero) is 1. The minimum absolute atomic E-state index is 0.00746. The summed E-state index contributed by atoms with van der Waals surface area (Å²) in [5.41, 5.74) is 1.18. The number of hydrogen-bond donors (Lipinski definition) is 1. The Bertz CT molecular complexity index is 1370. The standard InChI is InChI=1S/C39H56N2O9/c1-8-26-10-9-11-33(41-38(44)24-14-16-40-17-15-24)22(2)35(43)32-20-30-28(31(32)21-34(42)49-26)13-12-25-18-27(19-29(25)30)50-39(48-7)37(47-6)36(46-5)23(3)45-4/h12-17,20,22-23,25-31,33,36-37,39H,8-11,18-19,21H2,1-7H3,(H,41,44)/t22-,23?,25-,26+,27-,28-,29-,30-,31+,33+,36?,37?,39?/m1/s1. The molecule has 0 radical (unpaired) electrons. The molecule has 2 heterocycles. The number of amides is 1. The van der Waals surface area contributed by atoms with E-state index in [1.54, 1.807) is 53.0 Å². The first kappa shape index (κ1) is 38.3. The van der Waals surface area contributed by atoms with E-state index in [4.69, 9.17) is 28.4 Å². The lowest BCUT2D eigenvalue weighted by Gasteiger charge is -2.35. The molecule has 11 heteroatoms. The van der Waals surface area contributed by atoms with Gasteiger partial charge in [-0.15, -0.1) is 0 Å². The molecule has 1 saturated heterocycles. The highest BCUT2D eigenvalue weighted by atomic mass is 16.7. The van der Waals surface area contributed by atoms with Crippen molar-refractivity contribution in [1.29, 1.82) is 0 Å². The van der Waals surface area contributed by atoms with Gasteiger partial charge in [0.2, 0.25) is 0 Å². The second-order valence-electron chi connectivity index (χ2n) is 14.4. The number of nitrogens with one attached hydrogen (secondary N) is 1. The van der Waals surface area contributed by atoms with Gasteiger partial charge in [0, 0.05) is 64.3 Å². The van der Waals surface area contributed by atoms with E-state index in [-0.39, 0.29) is 78.0 Å². The van der Waals surface area contributed by atoms with E-state index < -0.39 is 24.4 Å². The molecule has 4 unspecified atom stereocenters. The number of esters is 1. The first-order chi connectivity index (χ1) is 24.1. The van der Waals surface area contributed by atoms with E-state index in [2.05, 4.69) is 28.5 Å². The van der Waals surface area contributed by atoms with E-state index in [0.29, 0.717) is 36.8 Å². The van der Waals surface area contributed by atoms with E-state index in [1.165, 1.54) is 0 Å². The average Bonchev–Trinajstić information content (AvgIpc) is 3.71. The van der Waals surface area contributed by atoms with Crippen molar-refractivity contribution in [2.45, 2.75) is 109 Å². The van der Waals surface area contributed by atoms with Crippen molar-refractivity contribution < 1.29 is 42.8 Å². The van der Waals surface area contributed by atoms with E-state index in [0.717, 1.165) is 12.8 Å². The summed E-state index contributed by atoms with van der Waals surface area (Å²) < 4.78 is 35.5. The van der Waals surface area contributed by atoms with Crippen molar-refractivity contribution in [3.8, 4) is 0 Å². The van der Waals surface area contributed by atoms with Crippen molar-refractivity contribution in [2.75, 3.05) is 28.4 Å². The van der Waals surface area contributed by atoms with Crippen LogP contribution in [0, 0.1) is 35.5 Å². The zero-order chi connectivity index (χ0) is 35.9. The van der Waals surface area contributed by atoms with Crippen molar-refractivity contribution >= 4 is 17.7 Å². The number of ether oxygens (including phenoxy) is 6. The van der Waals surface area contributed by atoms with Crippen LogP contribution in [0.25, 0.3) is 0 Å². The number of cyclic esters (lactones) is 1. The van der Waals surface area contributed by atoms with Crippen LogP contribution in [0.3, 0.4) is 0 Å². The van der Waals surface area contributed by atoms with Crippen LogP contribution >= 0.6 is 0 Å². The highest BCUT2D eigenvalue weighted by Gasteiger charge is 2.51. The Labute approximate surface area is 296 Å². The molecule has 3 aliphatic carbocycles. The Kier molecular flexibility index (Phi) is 13.4. The molecule has 1 amide bonds. The number of carbonyl (C=O) groups is 3. The van der Waals surface area contributed by atoms with Gasteiger partial charge in [0.25, 0.3) is 5.91 Å². The highest BCUT2D eigenvalue weighted by molar-refractivity contribution is 6.00. The van der Waals surface area contributed by atoms with Gasteiger partial charge >= 0.3 is 5.97 Å². The number of pyridine rings is 1. The third-order valence-electron chi connectivity index (χ3n) is 11.6. The van der Waals surface area contributed by atoms with Crippen LogP contribution in [-0.4, -0.2) is 93.9 Å². The number of nitrogens with zero attached hydrogens (tertiary/aromatic N) is 1. The molecule has 50 heavy (non-hydrogen) atoms.